The molecule has 3 atom stereocenters. The van der Waals surface area contributed by atoms with Crippen LogP contribution in [0.3, 0.4) is 0 Å². The van der Waals surface area contributed by atoms with Gasteiger partial charge in [0.15, 0.2) is 0 Å². The Morgan fingerprint density at radius 1 is 1.21 bits per heavy atom. The number of rotatable bonds is 3. The highest BCUT2D eigenvalue weighted by atomic mass is 32.1. The number of nitrogens with zero attached hydrogens (tertiary/aromatic N) is 2. The number of hydrogen-bond acceptors (Lipinski definition) is 5. The maximum atomic E-state index is 12.3. The maximum Gasteiger partial charge on any atom is 0.261 e. The van der Waals surface area contributed by atoms with Crippen molar-refractivity contribution in [2.24, 2.45) is 0 Å². The molecule has 3 rings (SSSR count). The largest absolute Gasteiger partial charge is 0.389 e. The highest BCUT2D eigenvalue weighted by Gasteiger charge is 2.40. The van der Waals surface area contributed by atoms with E-state index in [2.05, 4.69) is 10.2 Å². The van der Waals surface area contributed by atoms with Gasteiger partial charge < -0.3 is 15.3 Å². The average Bonchev–Trinajstić information content (AvgIpc) is 3.14. The van der Waals surface area contributed by atoms with E-state index in [1.54, 1.807) is 6.92 Å². The minimum absolute atomic E-state index is 0.0643. The number of piperazine rings is 1. The first-order chi connectivity index (χ1) is 11.5. The third kappa shape index (κ3) is 3.63. The molecule has 0 aromatic carbocycles. The van der Waals surface area contributed by atoms with E-state index in [1.165, 1.54) is 11.3 Å². The van der Waals surface area contributed by atoms with Crippen molar-refractivity contribution in [1.82, 2.24) is 15.1 Å². The Hall–Kier alpha value is -1.44. The van der Waals surface area contributed by atoms with Gasteiger partial charge in [0.05, 0.1) is 17.0 Å². The summed E-state index contributed by atoms with van der Waals surface area (Å²) in [6, 6.07) is 3.63. The summed E-state index contributed by atoms with van der Waals surface area (Å²) in [6.07, 6.45) is 1.10. The van der Waals surface area contributed by atoms with Crippen LogP contribution in [-0.2, 0) is 4.79 Å². The van der Waals surface area contributed by atoms with Gasteiger partial charge in [-0.3, -0.25) is 14.5 Å². The summed E-state index contributed by atoms with van der Waals surface area (Å²) in [6.45, 7) is 6.56. The molecule has 2 aliphatic rings. The lowest BCUT2D eigenvalue weighted by Crippen LogP contribution is -2.55. The molecule has 1 aliphatic carbocycles. The van der Waals surface area contributed by atoms with Gasteiger partial charge in [-0.15, -0.1) is 11.3 Å². The van der Waals surface area contributed by atoms with Crippen LogP contribution in [0.25, 0.3) is 0 Å². The van der Waals surface area contributed by atoms with Crippen molar-refractivity contribution in [1.29, 1.82) is 0 Å². The van der Waals surface area contributed by atoms with Crippen LogP contribution in [0.2, 0.25) is 0 Å². The zero-order valence-corrected chi connectivity index (χ0v) is 15.0. The molecule has 2 amide bonds. The van der Waals surface area contributed by atoms with E-state index in [9.17, 15) is 14.7 Å². The summed E-state index contributed by atoms with van der Waals surface area (Å²) in [5.41, 5.74) is 0. The molecule has 7 heteroatoms. The quantitative estimate of drug-likeness (QED) is 0.847. The molecule has 1 aromatic heterocycles. The van der Waals surface area contributed by atoms with Gasteiger partial charge in [0.25, 0.3) is 5.91 Å². The molecule has 0 spiro atoms. The monoisotopic (exact) mass is 351 g/mol. The van der Waals surface area contributed by atoms with Crippen molar-refractivity contribution in [3.8, 4) is 0 Å². The maximum absolute atomic E-state index is 12.3. The van der Waals surface area contributed by atoms with Crippen LogP contribution in [0.15, 0.2) is 12.1 Å². The van der Waals surface area contributed by atoms with E-state index in [0.717, 1.165) is 30.8 Å². The molecule has 1 aliphatic heterocycles. The smallest absolute Gasteiger partial charge is 0.261 e. The first-order valence-corrected chi connectivity index (χ1v) is 9.32. The average molecular weight is 351 g/mol. The fourth-order valence-electron chi connectivity index (χ4n) is 3.68. The normalized spacial score (nSPS) is 28.1. The fourth-order valence-corrected chi connectivity index (χ4v) is 4.45. The number of hydrogen-bond donors (Lipinski definition) is 2. The highest BCUT2D eigenvalue weighted by molar-refractivity contribution is 7.13. The van der Waals surface area contributed by atoms with Gasteiger partial charge in [0.2, 0.25) is 5.91 Å². The lowest BCUT2D eigenvalue weighted by atomic mass is 10.1. The summed E-state index contributed by atoms with van der Waals surface area (Å²) in [7, 11) is 0. The van der Waals surface area contributed by atoms with Gasteiger partial charge in [0, 0.05) is 44.0 Å². The number of amides is 2. The van der Waals surface area contributed by atoms with Crippen molar-refractivity contribution in [3.63, 3.8) is 0 Å². The number of aliphatic hydroxyl groups excluding tert-OH is 1. The molecule has 2 heterocycles. The van der Waals surface area contributed by atoms with E-state index < -0.39 is 6.10 Å². The third-order valence-corrected chi connectivity index (χ3v) is 6.09. The SMILES string of the molecule is CC(=O)N1CCN([C@@H]2CC[C@@H](NC(=O)c3ccc(C)s3)[C@H]2O)CC1. The zero-order valence-electron chi connectivity index (χ0n) is 14.2. The van der Waals surface area contributed by atoms with Gasteiger partial charge >= 0.3 is 0 Å². The van der Waals surface area contributed by atoms with Crippen LogP contribution in [-0.4, -0.2) is 71.1 Å². The Morgan fingerprint density at radius 2 is 1.92 bits per heavy atom. The second-order valence-corrected chi connectivity index (χ2v) is 7.96. The molecule has 1 saturated carbocycles. The molecule has 0 radical (unpaired) electrons. The lowest BCUT2D eigenvalue weighted by molar-refractivity contribution is -0.131. The molecule has 24 heavy (non-hydrogen) atoms. The Labute approximate surface area is 146 Å². The number of nitrogens with one attached hydrogen (secondary N) is 1. The van der Waals surface area contributed by atoms with E-state index in [-0.39, 0.29) is 23.9 Å². The number of aliphatic hydroxyl groups is 1. The molecule has 2 fully saturated rings. The predicted molar refractivity (Wildman–Crippen MR) is 93.2 cm³/mol. The summed E-state index contributed by atoms with van der Waals surface area (Å²) in [4.78, 5) is 29.6. The summed E-state index contributed by atoms with van der Waals surface area (Å²) in [5.74, 6) is 0.0113. The van der Waals surface area contributed by atoms with Crippen LogP contribution < -0.4 is 5.32 Å². The predicted octanol–water partition coefficient (Wildman–Crippen LogP) is 0.842. The van der Waals surface area contributed by atoms with Gasteiger partial charge in [0.1, 0.15) is 0 Å². The Morgan fingerprint density at radius 3 is 2.50 bits per heavy atom. The van der Waals surface area contributed by atoms with E-state index in [4.69, 9.17) is 0 Å². The summed E-state index contributed by atoms with van der Waals surface area (Å²) >= 11 is 1.47. The van der Waals surface area contributed by atoms with Gasteiger partial charge in [-0.25, -0.2) is 0 Å². The van der Waals surface area contributed by atoms with Gasteiger partial charge in [-0.05, 0) is 31.9 Å². The Bertz CT molecular complexity index is 610. The number of thiophene rings is 1. The van der Waals surface area contributed by atoms with Crippen LogP contribution in [0.1, 0.15) is 34.3 Å². The Kier molecular flexibility index (Phi) is 5.22. The van der Waals surface area contributed by atoms with Crippen LogP contribution in [0, 0.1) is 6.92 Å². The van der Waals surface area contributed by atoms with Crippen LogP contribution in [0.5, 0.6) is 0 Å². The fraction of sp³-hybridized carbons (Fsp3) is 0.647. The second kappa shape index (κ2) is 7.21. The minimum Gasteiger partial charge on any atom is -0.389 e. The van der Waals surface area contributed by atoms with Crippen molar-refractivity contribution in [3.05, 3.63) is 21.9 Å². The van der Waals surface area contributed by atoms with E-state index in [1.807, 2.05) is 24.0 Å². The van der Waals surface area contributed by atoms with Crippen molar-refractivity contribution in [2.45, 2.75) is 44.9 Å². The molecule has 132 valence electrons. The first kappa shape index (κ1) is 17.4. The van der Waals surface area contributed by atoms with Crippen LogP contribution >= 0.6 is 11.3 Å². The Balaban J connectivity index is 1.54. The number of carbonyl (C=O) groups excluding carboxylic acids is 2. The molecule has 2 N–H and O–H groups in total. The first-order valence-electron chi connectivity index (χ1n) is 8.50. The number of aryl methyl sites for hydroxylation is 1. The van der Waals surface area contributed by atoms with Gasteiger partial charge in [-0.1, -0.05) is 0 Å². The topological polar surface area (TPSA) is 72.9 Å². The summed E-state index contributed by atoms with van der Waals surface area (Å²) in [5, 5.41) is 13.6. The standard InChI is InChI=1S/C17H25N3O3S/c1-11-3-6-15(24-11)17(23)18-13-4-5-14(16(13)22)20-9-7-19(8-10-20)12(2)21/h3,6,13-14,16,22H,4-5,7-10H2,1-2H3,(H,18,23)/t13-,14-,16-/m1/s1. The summed E-state index contributed by atoms with van der Waals surface area (Å²) < 4.78 is 0. The van der Waals surface area contributed by atoms with Crippen molar-refractivity contribution >= 4 is 23.2 Å². The van der Waals surface area contributed by atoms with Gasteiger partial charge in [-0.2, -0.15) is 0 Å². The molecule has 1 aromatic rings. The minimum atomic E-state index is -0.557. The highest BCUT2D eigenvalue weighted by Crippen LogP contribution is 2.26. The molecule has 1 saturated heterocycles. The zero-order chi connectivity index (χ0) is 17.3. The van der Waals surface area contributed by atoms with Crippen LogP contribution in [0.4, 0.5) is 0 Å². The lowest BCUT2D eigenvalue weighted by Gasteiger charge is -2.39. The molecule has 0 bridgehead atoms. The molecule has 0 unspecified atom stereocenters. The molecule has 6 nitrogen and oxygen atoms in total. The molecular weight excluding hydrogens is 326 g/mol. The van der Waals surface area contributed by atoms with E-state index in [0.29, 0.717) is 18.0 Å². The second-order valence-electron chi connectivity index (χ2n) is 6.67. The third-order valence-electron chi connectivity index (χ3n) is 5.09. The van der Waals surface area contributed by atoms with E-state index >= 15 is 0 Å². The molecular formula is C17H25N3O3S. The number of carbonyl (C=O) groups is 2. The van der Waals surface area contributed by atoms with Crippen molar-refractivity contribution < 1.29 is 14.7 Å². The van der Waals surface area contributed by atoms with Crippen molar-refractivity contribution in [2.75, 3.05) is 26.2 Å².